The molecule has 3 aliphatic heterocycles. The summed E-state index contributed by atoms with van der Waals surface area (Å²) >= 11 is 9.91. The van der Waals surface area contributed by atoms with Crippen molar-refractivity contribution in [2.75, 3.05) is 39.3 Å². The quantitative estimate of drug-likeness (QED) is 0.352. The number of aliphatic hydroxyl groups is 1. The molecular weight excluding hydrogens is 586 g/mol. The molecule has 1 N–H and O–H groups in total. The maximum absolute atomic E-state index is 13.5. The van der Waals surface area contributed by atoms with E-state index in [1.807, 2.05) is 23.1 Å². The molecule has 6 rings (SSSR count). The van der Waals surface area contributed by atoms with Crippen molar-refractivity contribution in [3.05, 3.63) is 105 Å². The normalized spacial score (nSPS) is 25.1. The van der Waals surface area contributed by atoms with Crippen molar-refractivity contribution in [1.29, 1.82) is 0 Å². The van der Waals surface area contributed by atoms with E-state index in [-0.39, 0.29) is 11.3 Å². The minimum absolute atomic E-state index is 0.0200. The summed E-state index contributed by atoms with van der Waals surface area (Å²) in [7, 11) is 0. The highest BCUT2D eigenvalue weighted by atomic mass is 79.9. The zero-order valence-electron chi connectivity index (χ0n) is 22.8. The average Bonchev–Trinajstić information content (AvgIpc) is 3.53. The number of halogens is 2. The number of rotatable bonds is 6. The molecule has 0 bridgehead atoms. The Hall–Kier alpha value is -2.22. The number of hydrogen-bond donors (Lipinski definition) is 1. The standard InChI is InChI=1S/C33H37BrClN3O2/c34-27-12-10-24(11-13-27)20-37-19-16-33(32(37)40)14-17-36(18-15-33)21-26-22-38(23-29(26)25-6-2-1-3-7-25)31(39)28-8-4-5-9-30(28)35/h1-13,26,29,32,40H,14-23H2/t26-,29?,32?/m0/s1. The van der Waals surface area contributed by atoms with Gasteiger partial charge in [-0.25, -0.2) is 0 Å². The second-order valence-corrected chi connectivity index (χ2v) is 13.2. The molecule has 0 aromatic heterocycles. The van der Waals surface area contributed by atoms with E-state index in [2.05, 4.69) is 80.3 Å². The minimum Gasteiger partial charge on any atom is -0.378 e. The molecule has 3 aliphatic rings. The highest BCUT2D eigenvalue weighted by molar-refractivity contribution is 9.10. The Kier molecular flexibility index (Phi) is 8.34. The molecule has 3 aromatic rings. The first-order valence-corrected chi connectivity index (χ1v) is 15.6. The molecule has 1 amide bonds. The van der Waals surface area contributed by atoms with Gasteiger partial charge in [0.2, 0.25) is 0 Å². The van der Waals surface area contributed by atoms with Crippen LogP contribution in [0, 0.1) is 11.3 Å². The van der Waals surface area contributed by atoms with Crippen LogP contribution in [0.4, 0.5) is 0 Å². The molecular formula is C33H37BrClN3O2. The molecule has 7 heteroatoms. The molecule has 40 heavy (non-hydrogen) atoms. The number of hydrogen-bond acceptors (Lipinski definition) is 4. The highest BCUT2D eigenvalue weighted by Gasteiger charge is 2.48. The van der Waals surface area contributed by atoms with E-state index in [9.17, 15) is 9.90 Å². The van der Waals surface area contributed by atoms with Gasteiger partial charge in [-0.3, -0.25) is 9.69 Å². The molecule has 3 saturated heterocycles. The lowest BCUT2D eigenvalue weighted by Crippen LogP contribution is -2.48. The van der Waals surface area contributed by atoms with Crippen LogP contribution < -0.4 is 0 Å². The number of carbonyl (C=O) groups excluding carboxylic acids is 1. The van der Waals surface area contributed by atoms with Gasteiger partial charge in [-0.2, -0.15) is 0 Å². The van der Waals surface area contributed by atoms with Gasteiger partial charge < -0.3 is 14.9 Å². The molecule has 3 aromatic carbocycles. The van der Waals surface area contributed by atoms with Gasteiger partial charge in [0.1, 0.15) is 6.23 Å². The summed E-state index contributed by atoms with van der Waals surface area (Å²) in [5, 5.41) is 11.9. The summed E-state index contributed by atoms with van der Waals surface area (Å²) in [6.45, 7) is 6.10. The molecule has 5 nitrogen and oxygen atoms in total. The van der Waals surface area contributed by atoms with Crippen molar-refractivity contribution >= 4 is 33.4 Å². The Morgan fingerprint density at radius 1 is 0.900 bits per heavy atom. The molecule has 3 atom stereocenters. The number of likely N-dealkylation sites (tertiary alicyclic amines) is 3. The van der Waals surface area contributed by atoms with Gasteiger partial charge in [0.05, 0.1) is 10.6 Å². The maximum Gasteiger partial charge on any atom is 0.255 e. The maximum atomic E-state index is 13.5. The van der Waals surface area contributed by atoms with Crippen LogP contribution in [0.15, 0.2) is 83.3 Å². The smallest absolute Gasteiger partial charge is 0.255 e. The Morgan fingerprint density at radius 3 is 2.30 bits per heavy atom. The van der Waals surface area contributed by atoms with Crippen molar-refractivity contribution in [1.82, 2.24) is 14.7 Å². The van der Waals surface area contributed by atoms with Crippen LogP contribution in [0.25, 0.3) is 0 Å². The van der Waals surface area contributed by atoms with Crippen LogP contribution in [0.3, 0.4) is 0 Å². The fourth-order valence-electron chi connectivity index (χ4n) is 7.12. The van der Waals surface area contributed by atoms with Crippen LogP contribution >= 0.6 is 27.5 Å². The van der Waals surface area contributed by atoms with Crippen LogP contribution in [-0.4, -0.2) is 71.2 Å². The largest absolute Gasteiger partial charge is 0.378 e. The molecule has 0 radical (unpaired) electrons. The van der Waals surface area contributed by atoms with Crippen LogP contribution in [0.5, 0.6) is 0 Å². The van der Waals surface area contributed by atoms with Gasteiger partial charge in [0, 0.05) is 48.5 Å². The monoisotopic (exact) mass is 621 g/mol. The van der Waals surface area contributed by atoms with Gasteiger partial charge in [0.25, 0.3) is 5.91 Å². The number of carbonyl (C=O) groups is 1. The molecule has 2 unspecified atom stereocenters. The topological polar surface area (TPSA) is 47.0 Å². The van der Waals surface area contributed by atoms with Gasteiger partial charge in [0.15, 0.2) is 0 Å². The third kappa shape index (κ3) is 5.75. The first-order valence-electron chi connectivity index (χ1n) is 14.4. The summed E-state index contributed by atoms with van der Waals surface area (Å²) in [5.41, 5.74) is 3.09. The number of aliphatic hydroxyl groups excluding tert-OH is 1. The Bertz CT molecular complexity index is 1310. The number of amides is 1. The van der Waals surface area contributed by atoms with E-state index in [1.54, 1.807) is 6.07 Å². The first-order chi connectivity index (χ1) is 19.4. The predicted octanol–water partition coefficient (Wildman–Crippen LogP) is 6.26. The van der Waals surface area contributed by atoms with Crippen molar-refractivity contribution < 1.29 is 9.90 Å². The molecule has 3 heterocycles. The lowest BCUT2D eigenvalue weighted by molar-refractivity contribution is -0.0717. The van der Waals surface area contributed by atoms with E-state index in [1.165, 1.54) is 11.1 Å². The number of nitrogens with zero attached hydrogens (tertiary/aromatic N) is 3. The first kappa shape index (κ1) is 27.9. The molecule has 0 saturated carbocycles. The van der Waals surface area contributed by atoms with Gasteiger partial charge >= 0.3 is 0 Å². The molecule has 1 spiro atoms. The zero-order valence-corrected chi connectivity index (χ0v) is 25.1. The third-order valence-electron chi connectivity index (χ3n) is 9.49. The summed E-state index contributed by atoms with van der Waals surface area (Å²) in [5.74, 6) is 0.666. The van der Waals surface area contributed by atoms with Crippen molar-refractivity contribution in [3.63, 3.8) is 0 Å². The Labute approximate surface area is 250 Å². The van der Waals surface area contributed by atoms with Crippen LogP contribution in [-0.2, 0) is 6.54 Å². The van der Waals surface area contributed by atoms with E-state index in [0.717, 1.165) is 63.0 Å². The predicted molar refractivity (Wildman–Crippen MR) is 163 cm³/mol. The fraction of sp³-hybridized carbons (Fsp3) is 0.424. The van der Waals surface area contributed by atoms with Gasteiger partial charge in [-0.15, -0.1) is 0 Å². The van der Waals surface area contributed by atoms with Gasteiger partial charge in [-0.05, 0) is 73.7 Å². The van der Waals surface area contributed by atoms with E-state index >= 15 is 0 Å². The minimum atomic E-state index is -0.398. The van der Waals surface area contributed by atoms with E-state index < -0.39 is 6.23 Å². The molecule has 210 valence electrons. The van der Waals surface area contributed by atoms with E-state index in [4.69, 9.17) is 11.6 Å². The summed E-state index contributed by atoms with van der Waals surface area (Å²) in [6, 6.07) is 26.4. The van der Waals surface area contributed by atoms with Crippen LogP contribution in [0.2, 0.25) is 5.02 Å². The Morgan fingerprint density at radius 2 is 1.57 bits per heavy atom. The average molecular weight is 623 g/mol. The highest BCUT2D eigenvalue weighted by Crippen LogP contribution is 2.45. The summed E-state index contributed by atoms with van der Waals surface area (Å²) in [4.78, 5) is 20.3. The second kappa shape index (κ2) is 11.9. The molecule has 0 aliphatic carbocycles. The SMILES string of the molecule is O=C(c1ccccc1Cl)N1CC(c2ccccc2)[C@@H](CN2CCC3(CC2)CCN(Cc2ccc(Br)cc2)C3O)C1. The summed E-state index contributed by atoms with van der Waals surface area (Å²) < 4.78 is 1.08. The van der Waals surface area contributed by atoms with Gasteiger partial charge in [-0.1, -0.05) is 82.1 Å². The fourth-order valence-corrected chi connectivity index (χ4v) is 7.60. The number of piperidine rings is 1. The van der Waals surface area contributed by atoms with Crippen molar-refractivity contribution in [2.45, 2.75) is 38.0 Å². The Balaban J connectivity index is 1.10. The third-order valence-corrected chi connectivity index (χ3v) is 10.4. The van der Waals surface area contributed by atoms with E-state index in [0.29, 0.717) is 29.0 Å². The second-order valence-electron chi connectivity index (χ2n) is 11.9. The lowest BCUT2D eigenvalue weighted by atomic mass is 9.76. The zero-order chi connectivity index (χ0) is 27.7. The van der Waals surface area contributed by atoms with Crippen molar-refractivity contribution in [2.24, 2.45) is 11.3 Å². The van der Waals surface area contributed by atoms with Crippen LogP contribution in [0.1, 0.15) is 46.7 Å². The lowest BCUT2D eigenvalue weighted by Gasteiger charge is -2.43. The summed E-state index contributed by atoms with van der Waals surface area (Å²) in [6.07, 6.45) is 2.67. The molecule has 3 fully saturated rings. The van der Waals surface area contributed by atoms with Crippen molar-refractivity contribution in [3.8, 4) is 0 Å². The number of benzene rings is 3.